The van der Waals surface area contributed by atoms with Gasteiger partial charge in [-0.3, -0.25) is 0 Å². The highest BCUT2D eigenvalue weighted by Gasteiger charge is 2.20. The fourth-order valence-corrected chi connectivity index (χ4v) is 2.38. The molecule has 0 fully saturated rings. The first-order chi connectivity index (χ1) is 9.71. The maximum atomic E-state index is 13.7. The van der Waals surface area contributed by atoms with E-state index >= 15 is 0 Å². The Morgan fingerprint density at radius 2 is 2.00 bits per heavy atom. The number of benzene rings is 1. The van der Waals surface area contributed by atoms with Crippen molar-refractivity contribution in [3.8, 4) is 6.07 Å². The number of nitrogens with zero attached hydrogens (tertiary/aromatic N) is 4. The molecule has 20 heavy (non-hydrogen) atoms. The normalized spacial score (nSPS) is 10.8. The zero-order chi connectivity index (χ0) is 14.5. The van der Waals surface area contributed by atoms with Crippen molar-refractivity contribution in [1.29, 1.82) is 5.26 Å². The second-order valence-corrected chi connectivity index (χ2v) is 4.70. The Morgan fingerprint density at radius 3 is 2.60 bits per heavy atom. The molecule has 5 heteroatoms. The minimum atomic E-state index is -0.267. The summed E-state index contributed by atoms with van der Waals surface area (Å²) in [6.07, 6.45) is 1.80. The molecule has 0 aliphatic carbocycles. The maximum Gasteiger partial charge on any atom is 0.186 e. The minimum Gasteiger partial charge on any atom is -0.243 e. The number of hydrogen-bond acceptors (Lipinski definition) is 3. The zero-order valence-corrected chi connectivity index (χ0v) is 11.7. The van der Waals surface area contributed by atoms with E-state index in [1.54, 1.807) is 22.9 Å². The lowest BCUT2D eigenvalue weighted by Gasteiger charge is -2.14. The van der Waals surface area contributed by atoms with Crippen molar-refractivity contribution in [2.75, 3.05) is 0 Å². The summed E-state index contributed by atoms with van der Waals surface area (Å²) in [6.45, 7) is 4.43. The van der Waals surface area contributed by atoms with E-state index < -0.39 is 0 Å². The molecule has 104 valence electrons. The third-order valence-electron chi connectivity index (χ3n) is 3.53. The molecule has 4 nitrogen and oxygen atoms in total. The van der Waals surface area contributed by atoms with Gasteiger partial charge in [0.25, 0.3) is 0 Å². The van der Waals surface area contributed by atoms with Crippen molar-refractivity contribution >= 4 is 0 Å². The van der Waals surface area contributed by atoms with E-state index in [1.165, 1.54) is 6.07 Å². The van der Waals surface area contributed by atoms with Crippen LogP contribution in [0.2, 0.25) is 0 Å². The van der Waals surface area contributed by atoms with E-state index in [1.807, 2.05) is 0 Å². The molecule has 1 aromatic carbocycles. The number of rotatable bonds is 5. The molecule has 0 saturated carbocycles. The minimum absolute atomic E-state index is 0.214. The summed E-state index contributed by atoms with van der Waals surface area (Å²) >= 11 is 0. The van der Waals surface area contributed by atoms with Crippen molar-refractivity contribution in [3.63, 3.8) is 0 Å². The molecule has 2 aromatic rings. The molecule has 2 rings (SSSR count). The summed E-state index contributed by atoms with van der Waals surface area (Å²) in [5.74, 6) is -0.0524. The van der Waals surface area contributed by atoms with Gasteiger partial charge in [0.15, 0.2) is 5.69 Å². The Hall–Kier alpha value is -2.22. The lowest BCUT2D eigenvalue weighted by molar-refractivity contribution is 0.527. The van der Waals surface area contributed by atoms with Gasteiger partial charge in [-0.05, 0) is 18.9 Å². The fourth-order valence-electron chi connectivity index (χ4n) is 2.38. The van der Waals surface area contributed by atoms with Crippen molar-refractivity contribution in [2.45, 2.75) is 39.2 Å². The predicted molar refractivity (Wildman–Crippen MR) is 73.6 cm³/mol. The lowest BCUT2D eigenvalue weighted by atomic mass is 9.97. The van der Waals surface area contributed by atoms with Gasteiger partial charge in [0, 0.05) is 11.5 Å². The van der Waals surface area contributed by atoms with E-state index in [2.05, 4.69) is 30.2 Å². The predicted octanol–water partition coefficient (Wildman–Crippen LogP) is 3.24. The van der Waals surface area contributed by atoms with Crippen LogP contribution >= 0.6 is 0 Å². The van der Waals surface area contributed by atoms with Crippen LogP contribution in [0.3, 0.4) is 0 Å². The SMILES string of the molecule is CCC(CC)c1c(C#N)nnn1Cc1ccccc1F. The summed E-state index contributed by atoms with van der Waals surface area (Å²) in [6, 6.07) is 8.67. The first kappa shape index (κ1) is 14.2. The fraction of sp³-hybridized carbons (Fsp3) is 0.400. The molecule has 0 radical (unpaired) electrons. The molecular formula is C15H17FN4. The molecule has 0 bridgehead atoms. The van der Waals surface area contributed by atoms with Crippen LogP contribution in [0.1, 0.15) is 49.6 Å². The number of halogens is 1. The largest absolute Gasteiger partial charge is 0.243 e. The molecule has 0 unspecified atom stereocenters. The molecule has 0 spiro atoms. The molecule has 0 aliphatic rings. The van der Waals surface area contributed by atoms with Crippen LogP contribution in [0.15, 0.2) is 24.3 Å². The van der Waals surface area contributed by atoms with Gasteiger partial charge in [0.05, 0.1) is 12.2 Å². The van der Waals surface area contributed by atoms with Crippen LogP contribution in [-0.2, 0) is 6.54 Å². The van der Waals surface area contributed by atoms with Crippen molar-refractivity contribution < 1.29 is 4.39 Å². The Balaban J connectivity index is 2.40. The topological polar surface area (TPSA) is 54.5 Å². The van der Waals surface area contributed by atoms with Gasteiger partial charge in [0.1, 0.15) is 11.9 Å². The lowest BCUT2D eigenvalue weighted by Crippen LogP contribution is -2.11. The molecular weight excluding hydrogens is 255 g/mol. The van der Waals surface area contributed by atoms with Gasteiger partial charge < -0.3 is 0 Å². The molecule has 0 N–H and O–H groups in total. The third-order valence-corrected chi connectivity index (χ3v) is 3.53. The highest BCUT2D eigenvalue weighted by Crippen LogP contribution is 2.25. The van der Waals surface area contributed by atoms with Crippen molar-refractivity contribution in [1.82, 2.24) is 15.0 Å². The van der Waals surface area contributed by atoms with Crippen molar-refractivity contribution in [2.24, 2.45) is 0 Å². The van der Waals surface area contributed by atoms with Gasteiger partial charge in [-0.1, -0.05) is 37.3 Å². The van der Waals surface area contributed by atoms with E-state index in [-0.39, 0.29) is 11.7 Å². The zero-order valence-electron chi connectivity index (χ0n) is 11.7. The standard InChI is InChI=1S/C15H17FN4/c1-3-11(4-2)15-14(9-17)18-19-20(15)10-12-7-5-6-8-13(12)16/h5-8,11H,3-4,10H2,1-2H3. The average molecular weight is 272 g/mol. The number of nitriles is 1. The van der Waals surface area contributed by atoms with E-state index in [4.69, 9.17) is 5.26 Å². The van der Waals surface area contributed by atoms with Crippen LogP contribution in [0.4, 0.5) is 4.39 Å². The van der Waals surface area contributed by atoms with Gasteiger partial charge in [0.2, 0.25) is 0 Å². The summed E-state index contributed by atoms with van der Waals surface area (Å²) < 4.78 is 15.4. The van der Waals surface area contributed by atoms with Gasteiger partial charge in [-0.25, -0.2) is 9.07 Å². The van der Waals surface area contributed by atoms with E-state index in [9.17, 15) is 4.39 Å². The van der Waals surface area contributed by atoms with Gasteiger partial charge in [-0.2, -0.15) is 5.26 Å². The number of hydrogen-bond donors (Lipinski definition) is 0. The second-order valence-electron chi connectivity index (χ2n) is 4.70. The van der Waals surface area contributed by atoms with Gasteiger partial charge in [-0.15, -0.1) is 5.10 Å². The molecule has 1 aromatic heterocycles. The van der Waals surface area contributed by atoms with Crippen LogP contribution in [-0.4, -0.2) is 15.0 Å². The van der Waals surface area contributed by atoms with Gasteiger partial charge >= 0.3 is 0 Å². The Kier molecular flexibility index (Phi) is 4.46. The molecule has 1 heterocycles. The molecule has 0 aliphatic heterocycles. The van der Waals surface area contributed by atoms with Crippen LogP contribution in [0.25, 0.3) is 0 Å². The maximum absolute atomic E-state index is 13.7. The average Bonchev–Trinajstić information content (AvgIpc) is 2.86. The Morgan fingerprint density at radius 1 is 1.30 bits per heavy atom. The van der Waals surface area contributed by atoms with Crippen LogP contribution in [0.5, 0.6) is 0 Å². The third kappa shape index (κ3) is 2.69. The summed E-state index contributed by atoms with van der Waals surface area (Å²) in [5.41, 5.74) is 1.70. The molecule has 0 saturated heterocycles. The first-order valence-electron chi connectivity index (χ1n) is 6.78. The Labute approximate surface area is 117 Å². The molecule has 0 amide bonds. The molecule has 0 atom stereocenters. The van der Waals surface area contributed by atoms with E-state index in [0.717, 1.165) is 18.5 Å². The second kappa shape index (κ2) is 6.29. The summed E-state index contributed by atoms with van der Waals surface area (Å²) in [7, 11) is 0. The highest BCUT2D eigenvalue weighted by atomic mass is 19.1. The monoisotopic (exact) mass is 272 g/mol. The van der Waals surface area contributed by atoms with Crippen LogP contribution < -0.4 is 0 Å². The number of aromatic nitrogens is 3. The Bertz CT molecular complexity index is 623. The summed E-state index contributed by atoms with van der Waals surface area (Å²) in [5, 5.41) is 17.1. The van der Waals surface area contributed by atoms with Crippen LogP contribution in [0, 0.1) is 17.1 Å². The first-order valence-corrected chi connectivity index (χ1v) is 6.78. The van der Waals surface area contributed by atoms with E-state index in [0.29, 0.717) is 17.8 Å². The smallest absolute Gasteiger partial charge is 0.186 e. The van der Waals surface area contributed by atoms with Crippen molar-refractivity contribution in [3.05, 3.63) is 47.0 Å². The highest BCUT2D eigenvalue weighted by molar-refractivity contribution is 5.29. The summed E-state index contributed by atoms with van der Waals surface area (Å²) in [4.78, 5) is 0. The quantitative estimate of drug-likeness (QED) is 0.839.